The Morgan fingerprint density at radius 1 is 1.32 bits per heavy atom. The molecule has 1 aliphatic rings. The van der Waals surface area contributed by atoms with Crippen LogP contribution in [-0.4, -0.2) is 36.6 Å². The van der Waals surface area contributed by atoms with Crippen LogP contribution >= 0.6 is 0 Å². The third-order valence-corrected chi connectivity index (χ3v) is 4.14. The molecule has 2 heterocycles. The summed E-state index contributed by atoms with van der Waals surface area (Å²) in [6.07, 6.45) is 9.05. The zero-order chi connectivity index (χ0) is 13.5. The van der Waals surface area contributed by atoms with Crippen molar-refractivity contribution in [3.05, 3.63) is 30.1 Å². The minimum absolute atomic E-state index is 0.537. The van der Waals surface area contributed by atoms with Gasteiger partial charge in [-0.25, -0.2) is 0 Å². The van der Waals surface area contributed by atoms with Gasteiger partial charge in [0.05, 0.1) is 0 Å². The van der Waals surface area contributed by atoms with Crippen molar-refractivity contribution in [2.24, 2.45) is 5.92 Å². The predicted octanol–water partition coefficient (Wildman–Crippen LogP) is 2.85. The van der Waals surface area contributed by atoms with Gasteiger partial charge in [-0.3, -0.25) is 9.88 Å². The molecule has 1 N–H and O–H groups in total. The first-order chi connectivity index (χ1) is 9.33. The van der Waals surface area contributed by atoms with E-state index >= 15 is 0 Å². The maximum Gasteiger partial charge on any atom is 0.0386 e. The van der Waals surface area contributed by atoms with E-state index in [-0.39, 0.29) is 0 Å². The molecule has 1 aliphatic heterocycles. The SMILES string of the molecule is CCCNCC1CCCCN(C)C1c1ccncc1. The van der Waals surface area contributed by atoms with E-state index in [9.17, 15) is 0 Å². The zero-order valence-electron chi connectivity index (χ0n) is 12.3. The molecule has 0 spiro atoms. The Balaban J connectivity index is 2.11. The van der Waals surface area contributed by atoms with Gasteiger partial charge in [-0.05, 0) is 69.6 Å². The second kappa shape index (κ2) is 7.61. The van der Waals surface area contributed by atoms with Gasteiger partial charge in [0, 0.05) is 18.4 Å². The van der Waals surface area contributed by atoms with Gasteiger partial charge in [0.2, 0.25) is 0 Å². The topological polar surface area (TPSA) is 28.2 Å². The Kier molecular flexibility index (Phi) is 5.80. The highest BCUT2D eigenvalue weighted by atomic mass is 15.1. The van der Waals surface area contributed by atoms with Gasteiger partial charge in [-0.1, -0.05) is 13.3 Å². The minimum atomic E-state index is 0.537. The first-order valence-corrected chi connectivity index (χ1v) is 7.63. The van der Waals surface area contributed by atoms with Crippen molar-refractivity contribution in [2.75, 3.05) is 26.7 Å². The van der Waals surface area contributed by atoms with E-state index in [0.29, 0.717) is 12.0 Å². The van der Waals surface area contributed by atoms with Crippen LogP contribution in [0.1, 0.15) is 44.2 Å². The predicted molar refractivity (Wildman–Crippen MR) is 80.1 cm³/mol. The minimum Gasteiger partial charge on any atom is -0.316 e. The number of aromatic nitrogens is 1. The fourth-order valence-corrected chi connectivity index (χ4v) is 3.19. The summed E-state index contributed by atoms with van der Waals surface area (Å²) in [4.78, 5) is 6.68. The third kappa shape index (κ3) is 4.02. The molecule has 1 aromatic heterocycles. The smallest absolute Gasteiger partial charge is 0.0386 e. The lowest BCUT2D eigenvalue weighted by Crippen LogP contribution is -2.35. The lowest BCUT2D eigenvalue weighted by atomic mass is 9.89. The van der Waals surface area contributed by atoms with Crippen molar-refractivity contribution >= 4 is 0 Å². The molecular weight excluding hydrogens is 234 g/mol. The molecule has 0 radical (unpaired) electrons. The maximum atomic E-state index is 4.16. The van der Waals surface area contributed by atoms with Gasteiger partial charge in [0.1, 0.15) is 0 Å². The largest absolute Gasteiger partial charge is 0.316 e. The lowest BCUT2D eigenvalue weighted by molar-refractivity contribution is 0.189. The molecule has 106 valence electrons. The summed E-state index contributed by atoms with van der Waals surface area (Å²) >= 11 is 0. The number of pyridine rings is 1. The molecule has 2 unspecified atom stereocenters. The van der Waals surface area contributed by atoms with Crippen LogP contribution in [0.3, 0.4) is 0 Å². The highest BCUT2D eigenvalue weighted by molar-refractivity contribution is 5.16. The van der Waals surface area contributed by atoms with E-state index in [4.69, 9.17) is 0 Å². The molecule has 0 amide bonds. The van der Waals surface area contributed by atoms with Crippen molar-refractivity contribution in [3.8, 4) is 0 Å². The molecule has 2 atom stereocenters. The van der Waals surface area contributed by atoms with E-state index in [1.807, 2.05) is 12.4 Å². The van der Waals surface area contributed by atoms with Crippen LogP contribution in [0.25, 0.3) is 0 Å². The first kappa shape index (κ1) is 14.5. The molecule has 1 aromatic rings. The van der Waals surface area contributed by atoms with Crippen molar-refractivity contribution in [1.82, 2.24) is 15.2 Å². The second-order valence-electron chi connectivity index (χ2n) is 5.67. The van der Waals surface area contributed by atoms with Gasteiger partial charge >= 0.3 is 0 Å². The van der Waals surface area contributed by atoms with E-state index < -0.39 is 0 Å². The lowest BCUT2D eigenvalue weighted by Gasteiger charge is -2.33. The molecule has 0 aliphatic carbocycles. The summed E-state index contributed by atoms with van der Waals surface area (Å²) in [6, 6.07) is 4.90. The normalized spacial score (nSPS) is 25.2. The van der Waals surface area contributed by atoms with Gasteiger partial charge in [-0.15, -0.1) is 0 Å². The standard InChI is InChI=1S/C16H27N3/c1-3-9-18-13-15-6-4-5-12-19(2)16(15)14-7-10-17-11-8-14/h7-8,10-11,15-16,18H,3-6,9,12-13H2,1-2H3. The fraction of sp³-hybridized carbons (Fsp3) is 0.688. The van der Waals surface area contributed by atoms with E-state index in [1.54, 1.807) is 0 Å². The monoisotopic (exact) mass is 261 g/mol. The molecule has 3 heteroatoms. The highest BCUT2D eigenvalue weighted by Gasteiger charge is 2.28. The molecule has 2 rings (SSSR count). The van der Waals surface area contributed by atoms with Crippen LogP contribution < -0.4 is 5.32 Å². The molecule has 0 bridgehead atoms. The molecule has 19 heavy (non-hydrogen) atoms. The summed E-state index contributed by atoms with van der Waals surface area (Å²) in [6.45, 7) is 5.69. The summed E-state index contributed by atoms with van der Waals surface area (Å²) < 4.78 is 0. The molecule has 0 aromatic carbocycles. The van der Waals surface area contributed by atoms with Crippen LogP contribution in [0, 0.1) is 5.92 Å². The number of rotatable bonds is 5. The zero-order valence-corrected chi connectivity index (χ0v) is 12.3. The molecule has 0 saturated carbocycles. The number of likely N-dealkylation sites (tertiary alicyclic amines) is 1. The Bertz CT molecular complexity index is 352. The number of nitrogens with one attached hydrogen (secondary N) is 1. The maximum absolute atomic E-state index is 4.16. The van der Waals surface area contributed by atoms with Gasteiger partial charge in [0.15, 0.2) is 0 Å². The average Bonchev–Trinajstić information content (AvgIpc) is 2.62. The summed E-state index contributed by atoms with van der Waals surface area (Å²) in [5.74, 6) is 0.710. The Morgan fingerprint density at radius 2 is 2.11 bits per heavy atom. The van der Waals surface area contributed by atoms with Crippen LogP contribution in [0.2, 0.25) is 0 Å². The summed E-state index contributed by atoms with van der Waals surface area (Å²) in [5, 5.41) is 3.61. The molecule has 1 fully saturated rings. The Morgan fingerprint density at radius 3 is 2.84 bits per heavy atom. The molecular formula is C16H27N3. The van der Waals surface area contributed by atoms with Crippen molar-refractivity contribution in [2.45, 2.75) is 38.6 Å². The molecule has 1 saturated heterocycles. The Labute approximate surface area is 117 Å². The van der Waals surface area contributed by atoms with E-state index in [2.05, 4.69) is 41.3 Å². The quantitative estimate of drug-likeness (QED) is 0.826. The van der Waals surface area contributed by atoms with Crippen LogP contribution in [-0.2, 0) is 0 Å². The van der Waals surface area contributed by atoms with Crippen LogP contribution in [0.5, 0.6) is 0 Å². The summed E-state index contributed by atoms with van der Waals surface area (Å²) in [5.41, 5.74) is 1.42. The van der Waals surface area contributed by atoms with Crippen molar-refractivity contribution in [3.63, 3.8) is 0 Å². The first-order valence-electron chi connectivity index (χ1n) is 7.63. The van der Waals surface area contributed by atoms with Gasteiger partial charge in [-0.2, -0.15) is 0 Å². The number of nitrogens with zero attached hydrogens (tertiary/aromatic N) is 2. The molecule has 3 nitrogen and oxygen atoms in total. The number of hydrogen-bond donors (Lipinski definition) is 1. The van der Waals surface area contributed by atoms with Crippen molar-refractivity contribution in [1.29, 1.82) is 0 Å². The van der Waals surface area contributed by atoms with E-state index in [0.717, 1.165) is 13.1 Å². The van der Waals surface area contributed by atoms with Gasteiger partial charge in [0.25, 0.3) is 0 Å². The Hall–Kier alpha value is -0.930. The van der Waals surface area contributed by atoms with Crippen LogP contribution in [0.15, 0.2) is 24.5 Å². The van der Waals surface area contributed by atoms with Gasteiger partial charge < -0.3 is 5.32 Å². The number of hydrogen-bond acceptors (Lipinski definition) is 3. The highest BCUT2D eigenvalue weighted by Crippen LogP contribution is 2.33. The van der Waals surface area contributed by atoms with E-state index in [1.165, 1.54) is 37.8 Å². The van der Waals surface area contributed by atoms with Crippen molar-refractivity contribution < 1.29 is 0 Å². The second-order valence-corrected chi connectivity index (χ2v) is 5.67. The third-order valence-electron chi connectivity index (χ3n) is 4.14. The average molecular weight is 261 g/mol. The fourth-order valence-electron chi connectivity index (χ4n) is 3.19. The van der Waals surface area contributed by atoms with Crippen LogP contribution in [0.4, 0.5) is 0 Å². The summed E-state index contributed by atoms with van der Waals surface area (Å²) in [7, 11) is 2.27.